The summed E-state index contributed by atoms with van der Waals surface area (Å²) < 4.78 is 0. The number of nitrogens with one attached hydrogen (secondary N) is 1. The SMILES string of the molecule is CC(=C=Cc1ccc(CCC(=O)NO)cc1)c1ccccc1. The van der Waals surface area contributed by atoms with Gasteiger partial charge in [-0.15, -0.1) is 5.73 Å². The van der Waals surface area contributed by atoms with E-state index in [-0.39, 0.29) is 12.3 Å². The highest BCUT2D eigenvalue weighted by molar-refractivity contribution is 5.74. The van der Waals surface area contributed by atoms with E-state index in [4.69, 9.17) is 5.21 Å². The van der Waals surface area contributed by atoms with Crippen molar-refractivity contribution in [2.75, 3.05) is 0 Å². The van der Waals surface area contributed by atoms with Crippen LogP contribution in [0.1, 0.15) is 30.0 Å². The smallest absolute Gasteiger partial charge is 0.243 e. The minimum atomic E-state index is -0.370. The number of hydroxylamine groups is 1. The fourth-order valence-electron chi connectivity index (χ4n) is 2.06. The molecule has 2 aromatic carbocycles. The second kappa shape index (κ2) is 7.99. The van der Waals surface area contributed by atoms with Crippen LogP contribution in [0.4, 0.5) is 0 Å². The molecule has 112 valence electrons. The summed E-state index contributed by atoms with van der Waals surface area (Å²) in [7, 11) is 0. The maximum Gasteiger partial charge on any atom is 0.243 e. The van der Waals surface area contributed by atoms with E-state index >= 15 is 0 Å². The van der Waals surface area contributed by atoms with Gasteiger partial charge < -0.3 is 0 Å². The summed E-state index contributed by atoms with van der Waals surface area (Å²) >= 11 is 0. The highest BCUT2D eigenvalue weighted by atomic mass is 16.5. The van der Waals surface area contributed by atoms with Crippen LogP contribution in [0.25, 0.3) is 11.6 Å². The molecule has 2 N–H and O–H groups in total. The van der Waals surface area contributed by atoms with E-state index < -0.39 is 0 Å². The number of amides is 1. The zero-order valence-corrected chi connectivity index (χ0v) is 12.5. The van der Waals surface area contributed by atoms with Gasteiger partial charge in [0.2, 0.25) is 5.91 Å². The van der Waals surface area contributed by atoms with Crippen LogP contribution < -0.4 is 5.48 Å². The van der Waals surface area contributed by atoms with Gasteiger partial charge in [0.05, 0.1) is 0 Å². The maximum atomic E-state index is 11.0. The predicted molar refractivity (Wildman–Crippen MR) is 88.2 cm³/mol. The molecule has 22 heavy (non-hydrogen) atoms. The molecule has 2 rings (SSSR count). The van der Waals surface area contributed by atoms with Crippen molar-refractivity contribution in [1.29, 1.82) is 0 Å². The second-order valence-corrected chi connectivity index (χ2v) is 5.06. The van der Waals surface area contributed by atoms with Crippen LogP contribution in [-0.2, 0) is 11.2 Å². The number of carbonyl (C=O) groups excluding carboxylic acids is 1. The van der Waals surface area contributed by atoms with Crippen molar-refractivity contribution in [3.63, 3.8) is 0 Å². The van der Waals surface area contributed by atoms with Gasteiger partial charge in [-0.1, -0.05) is 54.6 Å². The van der Waals surface area contributed by atoms with Gasteiger partial charge in [0.1, 0.15) is 0 Å². The molecule has 3 heteroatoms. The number of rotatable bonds is 5. The summed E-state index contributed by atoms with van der Waals surface area (Å²) in [5.41, 5.74) is 9.29. The van der Waals surface area contributed by atoms with Gasteiger partial charge >= 0.3 is 0 Å². The van der Waals surface area contributed by atoms with Crippen molar-refractivity contribution in [3.05, 3.63) is 77.0 Å². The average Bonchev–Trinajstić information content (AvgIpc) is 2.59. The largest absolute Gasteiger partial charge is 0.289 e. The molecule has 0 radical (unpaired) electrons. The van der Waals surface area contributed by atoms with E-state index in [1.807, 2.05) is 55.5 Å². The molecule has 0 unspecified atom stereocenters. The lowest BCUT2D eigenvalue weighted by atomic mass is 10.1. The third-order valence-electron chi connectivity index (χ3n) is 3.41. The molecule has 0 bridgehead atoms. The molecule has 2 aromatic rings. The number of hydrogen-bond acceptors (Lipinski definition) is 2. The van der Waals surface area contributed by atoms with Gasteiger partial charge in [-0.25, -0.2) is 5.48 Å². The van der Waals surface area contributed by atoms with Gasteiger partial charge in [0, 0.05) is 6.42 Å². The maximum absolute atomic E-state index is 11.0. The van der Waals surface area contributed by atoms with Crippen molar-refractivity contribution in [2.24, 2.45) is 0 Å². The average molecular weight is 293 g/mol. The Morgan fingerprint density at radius 2 is 1.82 bits per heavy atom. The predicted octanol–water partition coefficient (Wildman–Crippen LogP) is 3.84. The lowest BCUT2D eigenvalue weighted by molar-refractivity contribution is -0.129. The standard InChI is InChI=1S/C19H19NO2/c1-15(18-5-3-2-4-6-18)7-8-16-9-11-17(12-10-16)13-14-19(21)20-22/h2-6,8-12,22H,13-14H2,1H3,(H,20,21). The minimum Gasteiger partial charge on any atom is -0.289 e. The monoisotopic (exact) mass is 293 g/mol. The van der Waals surface area contributed by atoms with Gasteiger partial charge in [-0.05, 0) is 41.7 Å². The van der Waals surface area contributed by atoms with Crippen molar-refractivity contribution < 1.29 is 10.0 Å². The molecule has 0 fully saturated rings. The summed E-state index contributed by atoms with van der Waals surface area (Å²) in [5, 5.41) is 8.46. The summed E-state index contributed by atoms with van der Waals surface area (Å²) in [6, 6.07) is 18.1. The van der Waals surface area contributed by atoms with E-state index in [9.17, 15) is 4.79 Å². The summed E-state index contributed by atoms with van der Waals surface area (Å²) in [6.07, 6.45) is 2.83. The van der Waals surface area contributed by atoms with Crippen LogP contribution in [-0.4, -0.2) is 11.1 Å². The van der Waals surface area contributed by atoms with Crippen LogP contribution in [0.3, 0.4) is 0 Å². The zero-order valence-electron chi connectivity index (χ0n) is 12.5. The van der Waals surface area contributed by atoms with E-state index in [0.29, 0.717) is 6.42 Å². The first-order valence-corrected chi connectivity index (χ1v) is 7.19. The number of benzene rings is 2. The van der Waals surface area contributed by atoms with Gasteiger partial charge in [-0.3, -0.25) is 10.0 Å². The first kappa shape index (κ1) is 15.8. The Kier molecular flexibility index (Phi) is 5.73. The van der Waals surface area contributed by atoms with Crippen LogP contribution in [0.2, 0.25) is 0 Å². The first-order chi connectivity index (χ1) is 10.7. The molecule has 0 aliphatic heterocycles. The zero-order chi connectivity index (χ0) is 15.8. The van der Waals surface area contributed by atoms with Crippen molar-refractivity contribution in [2.45, 2.75) is 19.8 Å². The summed E-state index contributed by atoms with van der Waals surface area (Å²) in [4.78, 5) is 11.0. The van der Waals surface area contributed by atoms with Gasteiger partial charge in [0.15, 0.2) is 0 Å². The molecule has 3 nitrogen and oxygen atoms in total. The van der Waals surface area contributed by atoms with Crippen LogP contribution in [0, 0.1) is 0 Å². The minimum absolute atomic E-state index is 0.276. The molecule has 0 aromatic heterocycles. The Morgan fingerprint density at radius 1 is 1.14 bits per heavy atom. The van der Waals surface area contributed by atoms with Gasteiger partial charge in [-0.2, -0.15) is 0 Å². The van der Waals surface area contributed by atoms with Crippen molar-refractivity contribution >= 4 is 17.6 Å². The third kappa shape index (κ3) is 4.74. The number of aryl methyl sites for hydroxylation is 1. The van der Waals surface area contributed by atoms with Crippen LogP contribution >= 0.6 is 0 Å². The number of allylic oxidation sites excluding steroid dienone is 1. The normalized spacial score (nSPS) is 9.73. The Bertz CT molecular complexity index is 681. The summed E-state index contributed by atoms with van der Waals surface area (Å²) in [5.74, 6) is -0.370. The molecule has 1 amide bonds. The molecular formula is C19H19NO2. The van der Waals surface area contributed by atoms with Crippen molar-refractivity contribution in [1.82, 2.24) is 5.48 Å². The lowest BCUT2D eigenvalue weighted by Gasteiger charge is -2.01. The Labute approximate surface area is 130 Å². The second-order valence-electron chi connectivity index (χ2n) is 5.06. The highest BCUT2D eigenvalue weighted by Gasteiger charge is 2.00. The molecule has 0 spiro atoms. The molecule has 0 heterocycles. The topological polar surface area (TPSA) is 49.3 Å². The fourth-order valence-corrected chi connectivity index (χ4v) is 2.06. The van der Waals surface area contributed by atoms with E-state index in [1.54, 1.807) is 5.48 Å². The molecule has 0 saturated carbocycles. The Morgan fingerprint density at radius 3 is 2.45 bits per heavy atom. The van der Waals surface area contributed by atoms with Gasteiger partial charge in [0.25, 0.3) is 0 Å². The summed E-state index contributed by atoms with van der Waals surface area (Å²) in [6.45, 7) is 2.04. The highest BCUT2D eigenvalue weighted by Crippen LogP contribution is 2.13. The van der Waals surface area contributed by atoms with Crippen LogP contribution in [0.5, 0.6) is 0 Å². The van der Waals surface area contributed by atoms with E-state index in [1.165, 1.54) is 0 Å². The lowest BCUT2D eigenvalue weighted by Crippen LogP contribution is -2.18. The van der Waals surface area contributed by atoms with E-state index in [0.717, 1.165) is 22.3 Å². The van der Waals surface area contributed by atoms with Crippen molar-refractivity contribution in [3.8, 4) is 0 Å². The molecular weight excluding hydrogens is 274 g/mol. The number of hydrogen-bond donors (Lipinski definition) is 2. The molecule has 0 atom stereocenters. The third-order valence-corrected chi connectivity index (χ3v) is 3.41. The fraction of sp³-hybridized carbons (Fsp3) is 0.158. The number of carbonyl (C=O) groups is 1. The van der Waals surface area contributed by atoms with E-state index in [2.05, 4.69) is 17.9 Å². The molecule has 0 aliphatic rings. The Balaban J connectivity index is 2.04. The first-order valence-electron chi connectivity index (χ1n) is 7.19. The molecule has 0 saturated heterocycles. The quantitative estimate of drug-likeness (QED) is 0.500. The molecule has 0 aliphatic carbocycles. The Hall–Kier alpha value is -2.61. The van der Waals surface area contributed by atoms with Crippen LogP contribution in [0.15, 0.2) is 60.3 Å².